The number of carbonyl (C=O) groups is 1. The SMILES string of the molecule is O=C(c1cc(N2CCN(c3cccc(Cl)c3)CC2)ncn1)N1CCOCC1. The van der Waals surface area contributed by atoms with E-state index >= 15 is 0 Å². The van der Waals surface area contributed by atoms with E-state index in [1.165, 1.54) is 6.33 Å². The highest BCUT2D eigenvalue weighted by atomic mass is 35.5. The van der Waals surface area contributed by atoms with Gasteiger partial charge >= 0.3 is 0 Å². The van der Waals surface area contributed by atoms with Crippen molar-refractivity contribution >= 4 is 29.0 Å². The van der Waals surface area contributed by atoms with E-state index in [9.17, 15) is 4.79 Å². The number of benzene rings is 1. The van der Waals surface area contributed by atoms with Crippen molar-refractivity contribution in [1.82, 2.24) is 14.9 Å². The third-order valence-electron chi connectivity index (χ3n) is 4.95. The first-order valence-electron chi connectivity index (χ1n) is 9.15. The Hall–Kier alpha value is -2.38. The average molecular weight is 388 g/mol. The van der Waals surface area contributed by atoms with Crippen LogP contribution in [-0.2, 0) is 4.74 Å². The number of aromatic nitrogens is 2. The zero-order valence-electron chi connectivity index (χ0n) is 15.1. The zero-order chi connectivity index (χ0) is 18.6. The lowest BCUT2D eigenvalue weighted by Gasteiger charge is -2.36. The molecular weight excluding hydrogens is 366 g/mol. The Morgan fingerprint density at radius 2 is 1.70 bits per heavy atom. The van der Waals surface area contributed by atoms with Crippen LogP contribution in [-0.4, -0.2) is 73.3 Å². The molecule has 0 unspecified atom stereocenters. The number of rotatable bonds is 3. The Balaban J connectivity index is 1.42. The van der Waals surface area contributed by atoms with E-state index in [4.69, 9.17) is 16.3 Å². The topological polar surface area (TPSA) is 61.8 Å². The van der Waals surface area contributed by atoms with Crippen molar-refractivity contribution in [1.29, 1.82) is 0 Å². The predicted octanol–water partition coefficient (Wildman–Crippen LogP) is 1.93. The Kier molecular flexibility index (Phi) is 5.40. The normalized spacial score (nSPS) is 17.9. The smallest absolute Gasteiger partial charge is 0.272 e. The summed E-state index contributed by atoms with van der Waals surface area (Å²) in [7, 11) is 0. The molecule has 142 valence electrons. The standard InChI is InChI=1S/C19H22ClN5O2/c20-15-2-1-3-16(12-15)23-4-6-24(7-5-23)18-13-17(21-14-22-18)19(26)25-8-10-27-11-9-25/h1-3,12-14H,4-11H2. The van der Waals surface area contributed by atoms with Gasteiger partial charge in [-0.05, 0) is 18.2 Å². The molecule has 1 aromatic heterocycles. The summed E-state index contributed by atoms with van der Waals surface area (Å²) in [4.78, 5) is 27.5. The molecular formula is C19H22ClN5O2. The fourth-order valence-electron chi connectivity index (χ4n) is 3.43. The van der Waals surface area contributed by atoms with Gasteiger partial charge in [0.1, 0.15) is 17.8 Å². The first-order chi connectivity index (χ1) is 13.2. The van der Waals surface area contributed by atoms with E-state index in [0.717, 1.165) is 42.7 Å². The van der Waals surface area contributed by atoms with Crippen molar-refractivity contribution in [2.24, 2.45) is 0 Å². The Morgan fingerprint density at radius 1 is 0.963 bits per heavy atom. The maximum absolute atomic E-state index is 12.6. The number of hydrogen-bond acceptors (Lipinski definition) is 6. The van der Waals surface area contributed by atoms with Gasteiger partial charge in [0.25, 0.3) is 5.91 Å². The number of piperazine rings is 1. The van der Waals surface area contributed by atoms with Crippen molar-refractivity contribution in [2.75, 3.05) is 62.3 Å². The van der Waals surface area contributed by atoms with Crippen LogP contribution in [0.15, 0.2) is 36.7 Å². The number of halogens is 1. The summed E-state index contributed by atoms with van der Waals surface area (Å²) in [6.07, 6.45) is 1.48. The molecule has 2 aromatic rings. The minimum atomic E-state index is -0.0560. The highest BCUT2D eigenvalue weighted by Gasteiger charge is 2.23. The molecule has 2 saturated heterocycles. The number of amides is 1. The van der Waals surface area contributed by atoms with Crippen LogP contribution >= 0.6 is 11.6 Å². The summed E-state index contributed by atoms with van der Waals surface area (Å²) in [6.45, 7) is 5.77. The molecule has 0 saturated carbocycles. The van der Waals surface area contributed by atoms with Gasteiger partial charge < -0.3 is 19.4 Å². The number of anilines is 2. The molecule has 1 aromatic carbocycles. The summed E-state index contributed by atoms with van der Waals surface area (Å²) in [5.41, 5.74) is 1.58. The largest absolute Gasteiger partial charge is 0.378 e. The minimum absolute atomic E-state index is 0.0560. The summed E-state index contributed by atoms with van der Waals surface area (Å²) in [6, 6.07) is 9.71. The van der Waals surface area contributed by atoms with Gasteiger partial charge in [-0.1, -0.05) is 17.7 Å². The van der Waals surface area contributed by atoms with Crippen LogP contribution in [0, 0.1) is 0 Å². The summed E-state index contributed by atoms with van der Waals surface area (Å²) >= 11 is 6.10. The van der Waals surface area contributed by atoms with Crippen molar-refractivity contribution in [3.8, 4) is 0 Å². The molecule has 1 amide bonds. The third kappa shape index (κ3) is 4.14. The highest BCUT2D eigenvalue weighted by molar-refractivity contribution is 6.30. The monoisotopic (exact) mass is 387 g/mol. The molecule has 8 heteroatoms. The van der Waals surface area contributed by atoms with Crippen LogP contribution in [0.4, 0.5) is 11.5 Å². The van der Waals surface area contributed by atoms with Gasteiger partial charge in [-0.15, -0.1) is 0 Å². The molecule has 0 atom stereocenters. The van der Waals surface area contributed by atoms with Gasteiger partial charge in [-0.25, -0.2) is 9.97 Å². The van der Waals surface area contributed by atoms with E-state index in [1.54, 1.807) is 11.0 Å². The average Bonchev–Trinajstić information content (AvgIpc) is 2.74. The van der Waals surface area contributed by atoms with Crippen molar-refractivity contribution < 1.29 is 9.53 Å². The van der Waals surface area contributed by atoms with Crippen molar-refractivity contribution in [2.45, 2.75) is 0 Å². The lowest BCUT2D eigenvalue weighted by molar-refractivity contribution is 0.0299. The van der Waals surface area contributed by atoms with E-state index in [-0.39, 0.29) is 5.91 Å². The lowest BCUT2D eigenvalue weighted by Crippen LogP contribution is -2.47. The Bertz CT molecular complexity index is 804. The van der Waals surface area contributed by atoms with E-state index in [1.807, 2.05) is 18.2 Å². The van der Waals surface area contributed by atoms with E-state index in [0.29, 0.717) is 32.0 Å². The number of hydrogen-bond donors (Lipinski definition) is 0. The zero-order valence-corrected chi connectivity index (χ0v) is 15.8. The maximum Gasteiger partial charge on any atom is 0.272 e. The first-order valence-corrected chi connectivity index (χ1v) is 9.53. The van der Waals surface area contributed by atoms with Crippen LogP contribution in [0.3, 0.4) is 0 Å². The first kappa shape index (κ1) is 18.0. The third-order valence-corrected chi connectivity index (χ3v) is 5.18. The van der Waals surface area contributed by atoms with Crippen LogP contribution in [0.25, 0.3) is 0 Å². The van der Waals surface area contributed by atoms with Crippen LogP contribution in [0.2, 0.25) is 5.02 Å². The van der Waals surface area contributed by atoms with Gasteiger partial charge in [0.2, 0.25) is 0 Å². The van der Waals surface area contributed by atoms with Gasteiger partial charge in [0.15, 0.2) is 0 Å². The number of morpholine rings is 1. The van der Waals surface area contributed by atoms with Crippen LogP contribution < -0.4 is 9.80 Å². The molecule has 7 nitrogen and oxygen atoms in total. The molecule has 0 spiro atoms. The van der Waals surface area contributed by atoms with Crippen LogP contribution in [0.1, 0.15) is 10.5 Å². The predicted molar refractivity (Wildman–Crippen MR) is 105 cm³/mol. The van der Waals surface area contributed by atoms with Gasteiger partial charge in [0, 0.05) is 56.0 Å². The second-order valence-electron chi connectivity index (χ2n) is 6.62. The fourth-order valence-corrected chi connectivity index (χ4v) is 3.62. The molecule has 0 radical (unpaired) electrons. The summed E-state index contributed by atoms with van der Waals surface area (Å²) in [5.74, 6) is 0.742. The van der Waals surface area contributed by atoms with Gasteiger partial charge in [-0.2, -0.15) is 0 Å². The van der Waals surface area contributed by atoms with E-state index < -0.39 is 0 Å². The Morgan fingerprint density at radius 3 is 2.44 bits per heavy atom. The summed E-state index contributed by atoms with van der Waals surface area (Å²) < 4.78 is 5.31. The number of ether oxygens (including phenoxy) is 1. The van der Waals surface area contributed by atoms with Crippen LogP contribution in [0.5, 0.6) is 0 Å². The molecule has 0 N–H and O–H groups in total. The molecule has 0 aliphatic carbocycles. The molecule has 3 heterocycles. The molecule has 2 aliphatic rings. The molecule has 2 fully saturated rings. The summed E-state index contributed by atoms with van der Waals surface area (Å²) in [5, 5.41) is 0.747. The Labute approximate surface area is 163 Å². The maximum atomic E-state index is 12.6. The van der Waals surface area contributed by atoms with Gasteiger partial charge in [0.05, 0.1) is 13.2 Å². The van der Waals surface area contributed by atoms with E-state index in [2.05, 4.69) is 25.8 Å². The second kappa shape index (κ2) is 8.10. The van der Waals surface area contributed by atoms with Crippen molar-refractivity contribution in [3.05, 3.63) is 47.4 Å². The highest BCUT2D eigenvalue weighted by Crippen LogP contribution is 2.22. The molecule has 0 bridgehead atoms. The van der Waals surface area contributed by atoms with Crippen molar-refractivity contribution in [3.63, 3.8) is 0 Å². The lowest BCUT2D eigenvalue weighted by atomic mass is 10.2. The number of carbonyl (C=O) groups excluding carboxylic acids is 1. The second-order valence-corrected chi connectivity index (χ2v) is 7.06. The molecule has 27 heavy (non-hydrogen) atoms. The van der Waals surface area contributed by atoms with Gasteiger partial charge in [-0.3, -0.25) is 4.79 Å². The molecule has 2 aliphatic heterocycles. The minimum Gasteiger partial charge on any atom is -0.378 e. The fraction of sp³-hybridized carbons (Fsp3) is 0.421. The quantitative estimate of drug-likeness (QED) is 0.802. The molecule has 4 rings (SSSR count). The number of nitrogens with zero attached hydrogens (tertiary/aromatic N) is 5.